The van der Waals surface area contributed by atoms with Gasteiger partial charge in [-0.15, -0.1) is 34.2 Å². The number of rotatable bonds is 9. The Morgan fingerprint density at radius 1 is 1.25 bits per heavy atom. The first-order valence-corrected chi connectivity index (χ1v) is 10.4. The zero-order valence-electron chi connectivity index (χ0n) is 17.3. The van der Waals surface area contributed by atoms with Crippen molar-refractivity contribution in [2.45, 2.75) is 33.4 Å². The number of hydrogen-bond acceptors (Lipinski definition) is 5. The van der Waals surface area contributed by atoms with Crippen LogP contribution < -0.4 is 15.4 Å². The molecule has 0 aliphatic heterocycles. The molecule has 156 valence electrons. The van der Waals surface area contributed by atoms with Gasteiger partial charge in [-0.05, 0) is 43.9 Å². The van der Waals surface area contributed by atoms with Crippen molar-refractivity contribution in [2.75, 3.05) is 25.7 Å². The normalized spacial score (nSPS) is 11.1. The molecular weight excluding hydrogens is 487 g/mol. The summed E-state index contributed by atoms with van der Waals surface area (Å²) in [4.78, 5) is 4.73. The molecule has 1 aromatic heterocycles. The Kier molecular flexibility index (Phi) is 11.3. The van der Waals surface area contributed by atoms with Gasteiger partial charge in [0.25, 0.3) is 0 Å². The Morgan fingerprint density at radius 3 is 2.68 bits per heavy atom. The zero-order valence-corrected chi connectivity index (χ0v) is 20.4. The third-order valence-electron chi connectivity index (χ3n) is 4.26. The second-order valence-electron chi connectivity index (χ2n) is 6.33. The highest BCUT2D eigenvalue weighted by Crippen LogP contribution is 2.20. The molecule has 0 radical (unpaired) electrons. The fourth-order valence-corrected chi connectivity index (χ4v) is 2.94. The van der Waals surface area contributed by atoms with Gasteiger partial charge in [0.15, 0.2) is 11.8 Å². The van der Waals surface area contributed by atoms with Crippen LogP contribution in [0.5, 0.6) is 5.75 Å². The van der Waals surface area contributed by atoms with Crippen LogP contribution >= 0.6 is 35.7 Å². The molecule has 2 N–H and O–H groups in total. The number of nitrogens with zero attached hydrogens (tertiary/aromatic N) is 4. The molecule has 1 aromatic carbocycles. The molecule has 28 heavy (non-hydrogen) atoms. The molecule has 0 saturated carbocycles. The molecule has 1 heterocycles. The molecule has 0 aliphatic rings. The molecule has 0 bridgehead atoms. The lowest BCUT2D eigenvalue weighted by atomic mass is 10.1. The summed E-state index contributed by atoms with van der Waals surface area (Å²) in [5, 5.41) is 15.0. The topological polar surface area (TPSA) is 76.4 Å². The van der Waals surface area contributed by atoms with Crippen LogP contribution in [0.4, 0.5) is 0 Å². The number of ether oxygens (including phenoxy) is 1. The minimum Gasteiger partial charge on any atom is -0.496 e. The third kappa shape index (κ3) is 7.50. The zero-order chi connectivity index (χ0) is 19.6. The number of guanidine groups is 1. The predicted molar refractivity (Wildman–Crippen MR) is 128 cm³/mol. The highest BCUT2D eigenvalue weighted by molar-refractivity contribution is 14.0. The molecule has 7 nitrogen and oxygen atoms in total. The number of aliphatic imine (C=N–C) groups is 1. The molecule has 0 unspecified atom stereocenters. The molecule has 0 fully saturated rings. The van der Waals surface area contributed by atoms with Gasteiger partial charge >= 0.3 is 0 Å². The standard InChI is InChI=1S/C19H30N6OS.HI/c1-14-7-8-16(17(11-14)26-4)12-21-19(20-9-6-10-27-5)22-13-18-24-23-15(2)25(18)3;/h7-8,11H,6,9-10,12-13H2,1-5H3,(H2,20,21,22);1H. The largest absolute Gasteiger partial charge is 0.496 e. The Bertz CT molecular complexity index is 765. The van der Waals surface area contributed by atoms with Crippen LogP contribution in [-0.4, -0.2) is 46.4 Å². The van der Waals surface area contributed by atoms with Gasteiger partial charge in [0.1, 0.15) is 11.6 Å². The number of hydrogen-bond donors (Lipinski definition) is 2. The highest BCUT2D eigenvalue weighted by atomic mass is 127. The van der Waals surface area contributed by atoms with Crippen LogP contribution in [0.3, 0.4) is 0 Å². The first kappa shape index (κ1) is 24.5. The van der Waals surface area contributed by atoms with Crippen LogP contribution in [0.15, 0.2) is 23.2 Å². The molecule has 0 atom stereocenters. The van der Waals surface area contributed by atoms with Crippen LogP contribution in [0, 0.1) is 13.8 Å². The SMILES string of the molecule is COc1cc(C)ccc1CN=C(NCCCSC)NCc1nnc(C)n1C.I. The van der Waals surface area contributed by atoms with Crippen molar-refractivity contribution in [1.82, 2.24) is 25.4 Å². The molecule has 9 heteroatoms. The quantitative estimate of drug-likeness (QED) is 0.230. The van der Waals surface area contributed by atoms with E-state index in [1.54, 1.807) is 7.11 Å². The van der Waals surface area contributed by atoms with Crippen molar-refractivity contribution in [2.24, 2.45) is 12.0 Å². The van der Waals surface area contributed by atoms with Crippen molar-refractivity contribution >= 4 is 41.7 Å². The van der Waals surface area contributed by atoms with E-state index in [-0.39, 0.29) is 24.0 Å². The van der Waals surface area contributed by atoms with Gasteiger partial charge < -0.3 is 19.9 Å². The van der Waals surface area contributed by atoms with Gasteiger partial charge in [-0.25, -0.2) is 4.99 Å². The molecule has 2 rings (SSSR count). The van der Waals surface area contributed by atoms with E-state index in [9.17, 15) is 0 Å². The molecular formula is C19H31IN6OS. The van der Waals surface area contributed by atoms with Crippen molar-refractivity contribution in [3.8, 4) is 5.75 Å². The van der Waals surface area contributed by atoms with E-state index in [0.29, 0.717) is 13.1 Å². The smallest absolute Gasteiger partial charge is 0.191 e. The number of halogens is 1. The Hall–Kier alpha value is -1.49. The molecule has 0 saturated heterocycles. The lowest BCUT2D eigenvalue weighted by Crippen LogP contribution is -2.38. The van der Waals surface area contributed by atoms with E-state index >= 15 is 0 Å². The van der Waals surface area contributed by atoms with Crippen LogP contribution in [-0.2, 0) is 20.1 Å². The van der Waals surface area contributed by atoms with Gasteiger partial charge in [-0.2, -0.15) is 11.8 Å². The van der Waals surface area contributed by atoms with Gasteiger partial charge in [0, 0.05) is 19.2 Å². The summed E-state index contributed by atoms with van der Waals surface area (Å²) in [6, 6.07) is 6.18. The second-order valence-corrected chi connectivity index (χ2v) is 7.31. The van der Waals surface area contributed by atoms with E-state index in [0.717, 1.165) is 47.6 Å². The number of aromatic nitrogens is 3. The first-order valence-electron chi connectivity index (χ1n) is 9.04. The number of thioether (sulfide) groups is 1. The van der Waals surface area contributed by atoms with Gasteiger partial charge in [0.05, 0.1) is 20.2 Å². The Morgan fingerprint density at radius 2 is 2.04 bits per heavy atom. The van der Waals surface area contributed by atoms with Crippen molar-refractivity contribution in [1.29, 1.82) is 0 Å². The number of nitrogens with one attached hydrogen (secondary N) is 2. The highest BCUT2D eigenvalue weighted by Gasteiger charge is 2.07. The summed E-state index contributed by atoms with van der Waals surface area (Å²) >= 11 is 1.85. The second kappa shape index (κ2) is 12.9. The molecule has 0 aliphatic carbocycles. The van der Waals surface area contributed by atoms with Crippen molar-refractivity contribution in [3.05, 3.63) is 41.0 Å². The van der Waals surface area contributed by atoms with E-state index in [4.69, 9.17) is 9.73 Å². The van der Waals surface area contributed by atoms with Crippen LogP contribution in [0.2, 0.25) is 0 Å². The maximum atomic E-state index is 5.48. The van der Waals surface area contributed by atoms with Crippen LogP contribution in [0.25, 0.3) is 0 Å². The van der Waals surface area contributed by atoms with E-state index in [2.05, 4.69) is 46.1 Å². The lowest BCUT2D eigenvalue weighted by molar-refractivity contribution is 0.409. The fraction of sp³-hybridized carbons (Fsp3) is 0.526. The van der Waals surface area contributed by atoms with Gasteiger partial charge in [-0.1, -0.05) is 12.1 Å². The summed E-state index contributed by atoms with van der Waals surface area (Å²) in [5.74, 6) is 4.51. The monoisotopic (exact) mass is 518 g/mol. The predicted octanol–water partition coefficient (Wildman–Crippen LogP) is 3.05. The van der Waals surface area contributed by atoms with Gasteiger partial charge in [-0.3, -0.25) is 0 Å². The summed E-state index contributed by atoms with van der Waals surface area (Å²) < 4.78 is 7.46. The summed E-state index contributed by atoms with van der Waals surface area (Å²) in [7, 11) is 3.66. The summed E-state index contributed by atoms with van der Waals surface area (Å²) in [6.07, 6.45) is 3.20. The van der Waals surface area contributed by atoms with E-state index in [1.165, 1.54) is 5.56 Å². The first-order chi connectivity index (χ1) is 13.0. The number of aryl methyl sites for hydroxylation is 2. The Balaban J connectivity index is 0.00000392. The number of methoxy groups -OCH3 is 1. The third-order valence-corrected chi connectivity index (χ3v) is 4.96. The molecule has 0 amide bonds. The molecule has 0 spiro atoms. The average molecular weight is 518 g/mol. The minimum absolute atomic E-state index is 0. The van der Waals surface area contributed by atoms with Crippen molar-refractivity contribution < 1.29 is 4.74 Å². The number of benzene rings is 1. The van der Waals surface area contributed by atoms with Crippen LogP contribution in [0.1, 0.15) is 29.2 Å². The molecule has 2 aromatic rings. The van der Waals surface area contributed by atoms with Gasteiger partial charge in [0.2, 0.25) is 0 Å². The fourth-order valence-electron chi connectivity index (χ4n) is 2.51. The maximum Gasteiger partial charge on any atom is 0.191 e. The van der Waals surface area contributed by atoms with E-state index < -0.39 is 0 Å². The lowest BCUT2D eigenvalue weighted by Gasteiger charge is -2.13. The van der Waals surface area contributed by atoms with E-state index in [1.807, 2.05) is 36.4 Å². The average Bonchev–Trinajstić information content (AvgIpc) is 2.99. The summed E-state index contributed by atoms with van der Waals surface area (Å²) in [6.45, 7) is 5.97. The Labute approximate surface area is 189 Å². The maximum absolute atomic E-state index is 5.48. The minimum atomic E-state index is 0. The van der Waals surface area contributed by atoms with Crippen molar-refractivity contribution in [3.63, 3.8) is 0 Å². The summed E-state index contributed by atoms with van der Waals surface area (Å²) in [5.41, 5.74) is 2.23.